The molecule has 3 rings (SSSR count). The van der Waals surface area contributed by atoms with Crippen LogP contribution in [0.4, 0.5) is 0 Å². The molecular formula is C22H25N2O6P. The molecule has 0 aliphatic carbocycles. The van der Waals surface area contributed by atoms with Crippen molar-refractivity contribution in [2.75, 3.05) is 12.7 Å². The van der Waals surface area contributed by atoms with Gasteiger partial charge in [0.1, 0.15) is 0 Å². The minimum Gasteiger partial charge on any atom is -0.481 e. The monoisotopic (exact) mass is 444 g/mol. The highest BCUT2D eigenvalue weighted by atomic mass is 31.2. The molecule has 0 fully saturated rings. The molecule has 0 radical (unpaired) electrons. The third kappa shape index (κ3) is 6.52. The molecule has 5 N–H and O–H groups in total. The molecule has 0 saturated heterocycles. The summed E-state index contributed by atoms with van der Waals surface area (Å²) in [7, 11) is -4.43. The summed E-state index contributed by atoms with van der Waals surface area (Å²) in [6.45, 7) is -0.139. The van der Waals surface area contributed by atoms with Gasteiger partial charge in [-0.1, -0.05) is 48.5 Å². The fraction of sp³-hybridized carbons (Fsp3) is 0.273. The number of fused-ring (bicyclic) bond motifs is 1. The Morgan fingerprint density at radius 1 is 0.968 bits per heavy atom. The van der Waals surface area contributed by atoms with Crippen LogP contribution in [0.15, 0.2) is 60.8 Å². The van der Waals surface area contributed by atoms with Crippen molar-refractivity contribution in [2.24, 2.45) is 11.8 Å². The normalized spacial score (nSPS) is 13.6. The summed E-state index contributed by atoms with van der Waals surface area (Å²) in [6.07, 6.45) is 1.52. The average molecular weight is 444 g/mol. The van der Waals surface area contributed by atoms with E-state index in [9.17, 15) is 29.0 Å². The van der Waals surface area contributed by atoms with Gasteiger partial charge in [-0.3, -0.25) is 14.2 Å². The molecule has 0 spiro atoms. The van der Waals surface area contributed by atoms with Crippen molar-refractivity contribution in [1.29, 1.82) is 0 Å². The Morgan fingerprint density at radius 2 is 1.65 bits per heavy atom. The van der Waals surface area contributed by atoms with Gasteiger partial charge in [-0.25, -0.2) is 0 Å². The van der Waals surface area contributed by atoms with Gasteiger partial charge in [0.2, 0.25) is 5.91 Å². The Balaban J connectivity index is 1.69. The summed E-state index contributed by atoms with van der Waals surface area (Å²) in [6, 6.07) is 16.5. The molecule has 2 unspecified atom stereocenters. The first kappa shape index (κ1) is 22.7. The van der Waals surface area contributed by atoms with Crippen molar-refractivity contribution < 1.29 is 29.0 Å². The first-order valence-corrected chi connectivity index (χ1v) is 11.7. The van der Waals surface area contributed by atoms with Gasteiger partial charge in [0.25, 0.3) is 0 Å². The van der Waals surface area contributed by atoms with Gasteiger partial charge in [0.05, 0.1) is 18.0 Å². The zero-order valence-corrected chi connectivity index (χ0v) is 17.7. The Labute approximate surface area is 179 Å². The lowest BCUT2D eigenvalue weighted by molar-refractivity contribution is -0.141. The standard InChI is InChI=1S/C22H25N2O6P/c25-21(18(14-31(28,29)30)10-15-6-2-1-3-7-15)24-13-17(22(26)27)11-16-12-23-20-9-5-4-8-19(16)20/h1-9,12,17-18,23H,10-11,13-14H2,(H,24,25)(H,26,27)(H2,28,29,30). The molecule has 0 aliphatic rings. The predicted molar refractivity (Wildman–Crippen MR) is 117 cm³/mol. The van der Waals surface area contributed by atoms with E-state index >= 15 is 0 Å². The van der Waals surface area contributed by atoms with Crippen molar-refractivity contribution in [3.63, 3.8) is 0 Å². The second-order valence-electron chi connectivity index (χ2n) is 7.58. The lowest BCUT2D eigenvalue weighted by Gasteiger charge is -2.19. The maximum atomic E-state index is 12.7. The summed E-state index contributed by atoms with van der Waals surface area (Å²) in [4.78, 5) is 46.4. The first-order valence-electron chi connectivity index (χ1n) is 9.87. The van der Waals surface area contributed by atoms with E-state index in [-0.39, 0.29) is 19.4 Å². The van der Waals surface area contributed by atoms with Crippen molar-refractivity contribution in [3.8, 4) is 0 Å². The molecule has 1 aromatic heterocycles. The number of benzene rings is 2. The van der Waals surface area contributed by atoms with Gasteiger partial charge in [-0.05, 0) is 30.0 Å². The van der Waals surface area contributed by atoms with E-state index in [2.05, 4.69) is 10.3 Å². The van der Waals surface area contributed by atoms with Crippen molar-refractivity contribution >= 4 is 30.4 Å². The average Bonchev–Trinajstić information content (AvgIpc) is 3.13. The Bertz CT molecular complexity index is 1090. The topological polar surface area (TPSA) is 140 Å². The van der Waals surface area contributed by atoms with Gasteiger partial charge in [-0.2, -0.15) is 0 Å². The first-order chi connectivity index (χ1) is 14.7. The fourth-order valence-electron chi connectivity index (χ4n) is 3.61. The van der Waals surface area contributed by atoms with Crippen LogP contribution in [0.3, 0.4) is 0 Å². The Hall–Kier alpha value is -2.93. The van der Waals surface area contributed by atoms with Crippen LogP contribution in [0, 0.1) is 11.8 Å². The molecular weight excluding hydrogens is 419 g/mol. The number of carboxylic acids is 1. The van der Waals surface area contributed by atoms with Crippen molar-refractivity contribution in [1.82, 2.24) is 10.3 Å². The molecule has 2 atom stereocenters. The molecule has 0 aliphatic heterocycles. The number of hydrogen-bond donors (Lipinski definition) is 5. The highest BCUT2D eigenvalue weighted by molar-refractivity contribution is 7.51. The van der Waals surface area contributed by atoms with Gasteiger partial charge in [0, 0.05) is 23.6 Å². The lowest BCUT2D eigenvalue weighted by Crippen LogP contribution is -2.39. The van der Waals surface area contributed by atoms with Crippen LogP contribution in [-0.4, -0.2) is 44.5 Å². The molecule has 31 heavy (non-hydrogen) atoms. The summed E-state index contributed by atoms with van der Waals surface area (Å²) < 4.78 is 11.5. The molecule has 8 nitrogen and oxygen atoms in total. The van der Waals surface area contributed by atoms with Crippen LogP contribution >= 0.6 is 7.60 Å². The van der Waals surface area contributed by atoms with E-state index in [1.54, 1.807) is 30.5 Å². The summed E-state index contributed by atoms with van der Waals surface area (Å²) in [5, 5.41) is 13.1. The number of nitrogens with one attached hydrogen (secondary N) is 2. The van der Waals surface area contributed by atoms with Gasteiger partial charge >= 0.3 is 13.6 Å². The zero-order chi connectivity index (χ0) is 22.4. The number of H-pyrrole nitrogens is 1. The minimum absolute atomic E-state index is 0.139. The molecule has 2 aromatic carbocycles. The van der Waals surface area contributed by atoms with E-state index in [4.69, 9.17) is 0 Å². The lowest BCUT2D eigenvalue weighted by atomic mass is 9.97. The molecule has 164 valence electrons. The van der Waals surface area contributed by atoms with E-state index in [0.29, 0.717) is 0 Å². The molecule has 3 aromatic rings. The Morgan fingerprint density at radius 3 is 2.32 bits per heavy atom. The van der Waals surface area contributed by atoms with Crippen LogP contribution in [0.5, 0.6) is 0 Å². The maximum absolute atomic E-state index is 12.7. The zero-order valence-electron chi connectivity index (χ0n) is 16.8. The number of rotatable bonds is 10. The van der Waals surface area contributed by atoms with Crippen molar-refractivity contribution in [2.45, 2.75) is 12.8 Å². The summed E-state index contributed by atoms with van der Waals surface area (Å²) >= 11 is 0. The number of aliphatic carboxylic acids is 1. The largest absolute Gasteiger partial charge is 0.481 e. The second-order valence-corrected chi connectivity index (χ2v) is 9.27. The van der Waals surface area contributed by atoms with Crippen LogP contribution in [0.25, 0.3) is 10.9 Å². The third-order valence-corrected chi connectivity index (χ3v) is 6.08. The van der Waals surface area contributed by atoms with Crippen LogP contribution in [0.2, 0.25) is 0 Å². The molecule has 1 amide bonds. The van der Waals surface area contributed by atoms with E-state index < -0.39 is 37.5 Å². The van der Waals surface area contributed by atoms with Gasteiger partial charge in [-0.15, -0.1) is 0 Å². The van der Waals surface area contributed by atoms with E-state index in [1.165, 1.54) is 0 Å². The number of carbonyl (C=O) groups is 2. The number of aromatic amines is 1. The quantitative estimate of drug-likeness (QED) is 0.305. The molecule has 1 heterocycles. The van der Waals surface area contributed by atoms with E-state index in [0.717, 1.165) is 22.0 Å². The predicted octanol–water partition coefficient (Wildman–Crippen LogP) is 2.56. The van der Waals surface area contributed by atoms with Crippen LogP contribution in [-0.2, 0) is 27.0 Å². The number of para-hydroxylation sites is 1. The SMILES string of the molecule is O=C(O)C(CNC(=O)C(Cc1ccccc1)CP(=O)(O)O)Cc1c[nH]c2ccccc12. The number of aromatic nitrogens is 1. The maximum Gasteiger partial charge on any atom is 0.326 e. The number of hydrogen-bond acceptors (Lipinski definition) is 3. The summed E-state index contributed by atoms with van der Waals surface area (Å²) in [5.74, 6) is -3.47. The van der Waals surface area contributed by atoms with E-state index in [1.807, 2.05) is 30.3 Å². The fourth-order valence-corrected chi connectivity index (χ4v) is 4.48. The van der Waals surface area contributed by atoms with Crippen LogP contribution in [0.1, 0.15) is 11.1 Å². The van der Waals surface area contributed by atoms with Crippen molar-refractivity contribution in [3.05, 3.63) is 71.9 Å². The van der Waals surface area contributed by atoms with Gasteiger partial charge in [0.15, 0.2) is 0 Å². The smallest absolute Gasteiger partial charge is 0.326 e. The second kappa shape index (κ2) is 9.92. The molecule has 0 saturated carbocycles. The highest BCUT2D eigenvalue weighted by Gasteiger charge is 2.29. The number of carbonyl (C=O) groups excluding carboxylic acids is 1. The Kier molecular flexibility index (Phi) is 7.28. The summed E-state index contributed by atoms with van der Waals surface area (Å²) in [5.41, 5.74) is 2.49. The van der Waals surface area contributed by atoms with Gasteiger partial charge < -0.3 is 25.2 Å². The van der Waals surface area contributed by atoms with Crippen LogP contribution < -0.4 is 5.32 Å². The molecule has 0 bridgehead atoms. The third-order valence-electron chi connectivity index (χ3n) is 5.17. The molecule has 9 heteroatoms. The minimum atomic E-state index is -4.43. The number of amides is 1. The number of carboxylic acid groups (broad SMARTS) is 1. The highest BCUT2D eigenvalue weighted by Crippen LogP contribution is 2.37.